The fraction of sp³-hybridized carbons (Fsp3) is 0.125. The second kappa shape index (κ2) is 8.31. The molecule has 0 unspecified atom stereocenters. The van der Waals surface area contributed by atoms with Crippen LogP contribution in [0, 0.1) is 0 Å². The zero-order chi connectivity index (χ0) is 22.0. The van der Waals surface area contributed by atoms with Gasteiger partial charge in [0, 0.05) is 17.3 Å². The number of nitrogens with zero attached hydrogens (tertiary/aromatic N) is 1. The van der Waals surface area contributed by atoms with E-state index in [-0.39, 0.29) is 11.7 Å². The number of nitrogens with one attached hydrogen (secondary N) is 1. The molecule has 3 aromatic carbocycles. The number of hydrogen-bond acceptors (Lipinski definition) is 5. The average Bonchev–Trinajstić information content (AvgIpc) is 3.04. The van der Waals surface area contributed by atoms with Crippen LogP contribution in [0.4, 0.5) is 11.4 Å². The molecule has 3 aromatic rings. The third-order valence-corrected chi connectivity index (χ3v) is 4.88. The van der Waals surface area contributed by atoms with Crippen molar-refractivity contribution in [1.82, 2.24) is 0 Å². The van der Waals surface area contributed by atoms with E-state index in [0.29, 0.717) is 40.4 Å². The highest BCUT2D eigenvalue weighted by Gasteiger charge is 2.37. The van der Waals surface area contributed by atoms with E-state index in [9.17, 15) is 14.4 Å². The van der Waals surface area contributed by atoms with Gasteiger partial charge in [0.1, 0.15) is 11.5 Å². The molecule has 1 heterocycles. The Morgan fingerprint density at radius 1 is 0.935 bits per heavy atom. The Hall–Kier alpha value is -4.13. The van der Waals surface area contributed by atoms with Crippen molar-refractivity contribution >= 4 is 29.1 Å². The van der Waals surface area contributed by atoms with E-state index in [1.54, 1.807) is 66.7 Å². The van der Waals surface area contributed by atoms with Gasteiger partial charge < -0.3 is 14.8 Å². The first kappa shape index (κ1) is 20.2. The van der Waals surface area contributed by atoms with E-state index < -0.39 is 11.8 Å². The van der Waals surface area contributed by atoms with Gasteiger partial charge in [-0.1, -0.05) is 18.2 Å². The molecular formula is C24H20N2O5. The summed E-state index contributed by atoms with van der Waals surface area (Å²) in [6.07, 6.45) is 0. The first-order valence-electron chi connectivity index (χ1n) is 9.73. The lowest BCUT2D eigenvalue weighted by atomic mass is 10.1. The number of fused-ring (bicyclic) bond motifs is 1. The summed E-state index contributed by atoms with van der Waals surface area (Å²) in [5.74, 6) is -0.256. The molecule has 7 heteroatoms. The number of amides is 3. The largest absolute Gasteiger partial charge is 0.494 e. The van der Waals surface area contributed by atoms with Crippen molar-refractivity contribution in [2.24, 2.45) is 0 Å². The highest BCUT2D eigenvalue weighted by molar-refractivity contribution is 6.34. The molecule has 1 aliphatic rings. The summed E-state index contributed by atoms with van der Waals surface area (Å²) in [6, 6.07) is 18.3. The van der Waals surface area contributed by atoms with Crippen LogP contribution in [0.15, 0.2) is 66.7 Å². The lowest BCUT2D eigenvalue weighted by Crippen LogP contribution is -2.29. The molecule has 0 aromatic heterocycles. The van der Waals surface area contributed by atoms with Crippen LogP contribution in [-0.4, -0.2) is 31.4 Å². The highest BCUT2D eigenvalue weighted by Crippen LogP contribution is 2.36. The third kappa shape index (κ3) is 3.73. The molecule has 0 aliphatic carbocycles. The molecule has 0 saturated carbocycles. The van der Waals surface area contributed by atoms with Crippen molar-refractivity contribution in [3.63, 3.8) is 0 Å². The Balaban J connectivity index is 1.59. The van der Waals surface area contributed by atoms with Crippen molar-refractivity contribution in [1.29, 1.82) is 0 Å². The van der Waals surface area contributed by atoms with Crippen LogP contribution < -0.4 is 19.7 Å². The summed E-state index contributed by atoms with van der Waals surface area (Å²) in [4.78, 5) is 39.3. The molecule has 1 N–H and O–H groups in total. The van der Waals surface area contributed by atoms with Gasteiger partial charge >= 0.3 is 0 Å². The standard InChI is InChI=1S/C24H20N2O5/c1-3-31-17-8-6-7-15(13-17)22(27)25-16-11-12-20(21(14-16)30-2)26-23(28)18-9-4-5-10-19(18)24(26)29/h4-14H,3H2,1-2H3,(H,25,27). The summed E-state index contributed by atoms with van der Waals surface area (Å²) in [7, 11) is 1.44. The van der Waals surface area contributed by atoms with Gasteiger partial charge in [0.25, 0.3) is 17.7 Å². The number of anilines is 2. The number of hydrogen-bond donors (Lipinski definition) is 1. The molecule has 3 amide bonds. The van der Waals surface area contributed by atoms with Crippen LogP contribution in [0.25, 0.3) is 0 Å². The lowest BCUT2D eigenvalue weighted by Gasteiger charge is -2.18. The van der Waals surface area contributed by atoms with E-state index in [0.717, 1.165) is 4.90 Å². The summed E-state index contributed by atoms with van der Waals surface area (Å²) >= 11 is 0. The maximum atomic E-state index is 12.8. The summed E-state index contributed by atoms with van der Waals surface area (Å²) in [5, 5.41) is 2.80. The van der Waals surface area contributed by atoms with E-state index >= 15 is 0 Å². The van der Waals surface area contributed by atoms with Gasteiger partial charge in [-0.15, -0.1) is 0 Å². The van der Waals surface area contributed by atoms with E-state index in [1.165, 1.54) is 7.11 Å². The maximum absolute atomic E-state index is 12.8. The lowest BCUT2D eigenvalue weighted by molar-refractivity contribution is 0.0923. The van der Waals surface area contributed by atoms with Gasteiger partial charge in [-0.05, 0) is 49.4 Å². The zero-order valence-electron chi connectivity index (χ0n) is 17.0. The van der Waals surface area contributed by atoms with Crippen molar-refractivity contribution in [2.75, 3.05) is 23.9 Å². The molecule has 0 saturated heterocycles. The average molecular weight is 416 g/mol. The monoisotopic (exact) mass is 416 g/mol. The molecule has 0 fully saturated rings. The molecule has 0 bridgehead atoms. The quantitative estimate of drug-likeness (QED) is 0.611. The van der Waals surface area contributed by atoms with E-state index in [2.05, 4.69) is 5.32 Å². The fourth-order valence-electron chi connectivity index (χ4n) is 3.45. The van der Waals surface area contributed by atoms with Crippen molar-refractivity contribution in [3.8, 4) is 11.5 Å². The fourth-order valence-corrected chi connectivity index (χ4v) is 3.45. The number of methoxy groups -OCH3 is 1. The number of rotatable bonds is 6. The Kier molecular flexibility index (Phi) is 5.41. The number of ether oxygens (including phenoxy) is 2. The molecule has 31 heavy (non-hydrogen) atoms. The van der Waals surface area contributed by atoms with Crippen LogP contribution in [0.1, 0.15) is 38.0 Å². The summed E-state index contributed by atoms with van der Waals surface area (Å²) in [5.41, 5.74) is 1.91. The minimum atomic E-state index is -0.413. The Bertz CT molecular complexity index is 1150. The Labute approximate surface area is 179 Å². The van der Waals surface area contributed by atoms with E-state index in [4.69, 9.17) is 9.47 Å². The zero-order valence-corrected chi connectivity index (χ0v) is 17.0. The summed E-state index contributed by atoms with van der Waals surface area (Å²) < 4.78 is 10.8. The van der Waals surface area contributed by atoms with Gasteiger partial charge in [-0.2, -0.15) is 0 Å². The van der Waals surface area contributed by atoms with Gasteiger partial charge in [0.15, 0.2) is 0 Å². The molecule has 1 aliphatic heterocycles. The first-order valence-corrected chi connectivity index (χ1v) is 9.73. The van der Waals surface area contributed by atoms with Gasteiger partial charge in [0.2, 0.25) is 0 Å². The number of benzene rings is 3. The van der Waals surface area contributed by atoms with Crippen molar-refractivity contribution in [2.45, 2.75) is 6.92 Å². The second-order valence-corrected chi connectivity index (χ2v) is 6.79. The molecule has 0 atom stereocenters. The Morgan fingerprint density at radius 2 is 1.65 bits per heavy atom. The minimum Gasteiger partial charge on any atom is -0.494 e. The van der Waals surface area contributed by atoms with Crippen LogP contribution in [0.5, 0.6) is 11.5 Å². The first-order chi connectivity index (χ1) is 15.0. The smallest absolute Gasteiger partial charge is 0.266 e. The molecular weight excluding hydrogens is 396 g/mol. The molecule has 4 rings (SSSR count). The number of carbonyl (C=O) groups is 3. The molecule has 156 valence electrons. The van der Waals surface area contributed by atoms with Gasteiger partial charge in [-0.25, -0.2) is 4.90 Å². The highest BCUT2D eigenvalue weighted by atomic mass is 16.5. The predicted octanol–water partition coefficient (Wildman–Crippen LogP) is 4.15. The number of carbonyl (C=O) groups excluding carboxylic acids is 3. The van der Waals surface area contributed by atoms with Crippen LogP contribution in [0.3, 0.4) is 0 Å². The number of imide groups is 1. The molecule has 7 nitrogen and oxygen atoms in total. The summed E-state index contributed by atoms with van der Waals surface area (Å²) in [6.45, 7) is 2.37. The predicted molar refractivity (Wildman–Crippen MR) is 116 cm³/mol. The maximum Gasteiger partial charge on any atom is 0.266 e. The van der Waals surface area contributed by atoms with Crippen molar-refractivity contribution in [3.05, 3.63) is 83.4 Å². The van der Waals surface area contributed by atoms with Crippen LogP contribution in [-0.2, 0) is 0 Å². The second-order valence-electron chi connectivity index (χ2n) is 6.79. The topological polar surface area (TPSA) is 84.9 Å². The van der Waals surface area contributed by atoms with Crippen LogP contribution in [0.2, 0.25) is 0 Å². The SMILES string of the molecule is CCOc1cccc(C(=O)Nc2ccc(N3C(=O)c4ccccc4C3=O)c(OC)c2)c1. The van der Waals surface area contributed by atoms with Gasteiger partial charge in [-0.3, -0.25) is 14.4 Å². The Morgan fingerprint density at radius 3 is 2.29 bits per heavy atom. The normalized spacial score (nSPS) is 12.5. The van der Waals surface area contributed by atoms with Crippen molar-refractivity contribution < 1.29 is 23.9 Å². The van der Waals surface area contributed by atoms with Gasteiger partial charge in [0.05, 0.1) is 30.5 Å². The van der Waals surface area contributed by atoms with E-state index in [1.807, 2.05) is 6.92 Å². The molecule has 0 radical (unpaired) electrons. The molecule has 0 spiro atoms. The third-order valence-electron chi connectivity index (χ3n) is 4.88. The minimum absolute atomic E-state index is 0.287. The van der Waals surface area contributed by atoms with Crippen LogP contribution >= 0.6 is 0 Å².